The number of benzene rings is 2. The van der Waals surface area contributed by atoms with E-state index in [0.29, 0.717) is 61.3 Å². The molecule has 0 saturated carbocycles. The first kappa shape index (κ1) is 30.0. The van der Waals surface area contributed by atoms with Crippen molar-refractivity contribution in [3.05, 3.63) is 74.0 Å². The fourth-order valence-corrected chi connectivity index (χ4v) is 6.28. The molecule has 1 saturated heterocycles. The van der Waals surface area contributed by atoms with Crippen LogP contribution in [-0.4, -0.2) is 43.5 Å². The van der Waals surface area contributed by atoms with Crippen molar-refractivity contribution in [1.82, 2.24) is 4.98 Å². The molecule has 1 atom stereocenters. The van der Waals surface area contributed by atoms with Gasteiger partial charge in [-0.2, -0.15) is 0 Å². The first-order chi connectivity index (χ1) is 21.0. The molecule has 2 N–H and O–H groups in total. The lowest BCUT2D eigenvalue weighted by atomic mass is 9.75. The highest BCUT2D eigenvalue weighted by Gasteiger charge is 2.31. The average Bonchev–Trinajstić information content (AvgIpc) is 2.99. The number of oxime groups is 1. The molecule has 2 aromatic heterocycles. The third kappa shape index (κ3) is 5.41. The van der Waals surface area contributed by atoms with Crippen LogP contribution in [0.15, 0.2) is 50.8 Å². The van der Waals surface area contributed by atoms with Gasteiger partial charge in [0.15, 0.2) is 5.43 Å². The number of piperidine rings is 1. The van der Waals surface area contributed by atoms with Gasteiger partial charge in [-0.05, 0) is 68.9 Å². The summed E-state index contributed by atoms with van der Waals surface area (Å²) in [5.74, 6) is 1.13. The lowest BCUT2D eigenvalue weighted by molar-refractivity contribution is 0.274. The molecule has 0 aliphatic carbocycles. The molecule has 1 unspecified atom stereocenters. The van der Waals surface area contributed by atoms with Crippen LogP contribution in [0.5, 0.6) is 5.75 Å². The van der Waals surface area contributed by atoms with Gasteiger partial charge in [0.05, 0.1) is 41.7 Å². The van der Waals surface area contributed by atoms with Gasteiger partial charge in [-0.1, -0.05) is 37.6 Å². The molecule has 2 aliphatic heterocycles. The van der Waals surface area contributed by atoms with Crippen LogP contribution in [0.3, 0.4) is 0 Å². The Kier molecular flexibility index (Phi) is 7.84. The SMILES string of the molecule is COc1c(-c2nc(Cl)ccc2NC(C)c2cc(C)cc3c(=O)c(C)c(N4CCC(C)(C)CC4)oc23)ccc2c1C=NOB2O. The monoisotopic (exact) mass is 614 g/mol. The van der Waals surface area contributed by atoms with Crippen LogP contribution in [0.1, 0.15) is 61.9 Å². The van der Waals surface area contributed by atoms with Crippen molar-refractivity contribution in [3.63, 3.8) is 0 Å². The molecule has 228 valence electrons. The number of aryl methyl sites for hydroxylation is 1. The predicted octanol–water partition coefficient (Wildman–Crippen LogP) is 5.98. The van der Waals surface area contributed by atoms with Crippen LogP contribution in [0.4, 0.5) is 11.6 Å². The number of nitrogens with zero attached hydrogens (tertiary/aromatic N) is 3. The minimum atomic E-state index is -1.20. The van der Waals surface area contributed by atoms with E-state index in [-0.39, 0.29) is 16.9 Å². The van der Waals surface area contributed by atoms with Crippen LogP contribution >= 0.6 is 11.6 Å². The van der Waals surface area contributed by atoms with E-state index in [1.165, 1.54) is 6.21 Å². The third-order valence-electron chi connectivity index (χ3n) is 8.77. The van der Waals surface area contributed by atoms with Crippen LogP contribution < -0.4 is 25.8 Å². The third-order valence-corrected chi connectivity index (χ3v) is 8.98. The molecular formula is C33H36BClN4O5. The molecule has 11 heteroatoms. The van der Waals surface area contributed by atoms with Crippen LogP contribution in [0.25, 0.3) is 22.2 Å². The van der Waals surface area contributed by atoms with Gasteiger partial charge < -0.3 is 29.1 Å². The van der Waals surface area contributed by atoms with E-state index >= 15 is 0 Å². The molecule has 44 heavy (non-hydrogen) atoms. The highest BCUT2D eigenvalue weighted by molar-refractivity contribution is 6.62. The van der Waals surface area contributed by atoms with Crippen molar-refractivity contribution in [2.45, 2.75) is 53.5 Å². The van der Waals surface area contributed by atoms with Gasteiger partial charge in [0, 0.05) is 35.2 Å². The zero-order valence-corrected chi connectivity index (χ0v) is 26.6. The molecule has 0 bridgehead atoms. The molecule has 4 aromatic rings. The maximum absolute atomic E-state index is 13.7. The van der Waals surface area contributed by atoms with E-state index in [9.17, 15) is 9.82 Å². The molecule has 0 spiro atoms. The molecule has 0 amide bonds. The second kappa shape index (κ2) is 11.5. The Bertz CT molecular complexity index is 1850. The van der Waals surface area contributed by atoms with Gasteiger partial charge in [0.1, 0.15) is 16.5 Å². The van der Waals surface area contributed by atoms with Crippen molar-refractivity contribution in [2.75, 3.05) is 30.4 Å². The summed E-state index contributed by atoms with van der Waals surface area (Å²) in [6.45, 7) is 12.1. The summed E-state index contributed by atoms with van der Waals surface area (Å²) in [7, 11) is 0.357. The Morgan fingerprint density at radius 3 is 2.64 bits per heavy atom. The Labute approximate surface area is 262 Å². The van der Waals surface area contributed by atoms with E-state index in [1.807, 2.05) is 39.0 Å². The van der Waals surface area contributed by atoms with Gasteiger partial charge in [-0.25, -0.2) is 4.98 Å². The first-order valence-corrected chi connectivity index (χ1v) is 15.2. The lowest BCUT2D eigenvalue weighted by Gasteiger charge is -2.37. The van der Waals surface area contributed by atoms with Gasteiger partial charge >= 0.3 is 7.12 Å². The van der Waals surface area contributed by atoms with Crippen LogP contribution in [-0.2, 0) is 4.76 Å². The van der Waals surface area contributed by atoms with Crippen LogP contribution in [0, 0.1) is 19.3 Å². The topological polar surface area (TPSA) is 109 Å². The van der Waals surface area contributed by atoms with Crippen molar-refractivity contribution in [3.8, 4) is 17.0 Å². The smallest absolute Gasteiger partial charge is 0.495 e. The van der Waals surface area contributed by atoms with Crippen molar-refractivity contribution in [2.24, 2.45) is 10.6 Å². The number of hydrogen-bond acceptors (Lipinski definition) is 9. The average molecular weight is 615 g/mol. The number of aromatic nitrogens is 1. The number of nitrogens with one attached hydrogen (secondary N) is 1. The second-order valence-corrected chi connectivity index (χ2v) is 12.9. The molecule has 0 radical (unpaired) electrons. The van der Waals surface area contributed by atoms with E-state index in [1.54, 1.807) is 19.2 Å². The van der Waals surface area contributed by atoms with Gasteiger partial charge in [0.2, 0.25) is 5.88 Å². The Morgan fingerprint density at radius 1 is 1.16 bits per heavy atom. The number of ether oxygens (including phenoxy) is 1. The standard InChI is InChI=1S/C33H36BClN4O5/c1-18-15-22(31-23(16-18)29(40)19(2)32(43-31)39-13-11-33(4,5)12-14-39)20(3)37-26-9-10-27(35)38-28(26)21-7-8-25-24(30(21)42-6)17-36-44-34(25)41/h7-10,15-17,20,37,41H,11-14H2,1-6H3. The maximum atomic E-state index is 13.7. The number of hydrogen-bond donors (Lipinski definition) is 2. The van der Waals surface area contributed by atoms with E-state index in [0.717, 1.165) is 37.1 Å². The van der Waals surface area contributed by atoms with Gasteiger partial charge in [-0.15, -0.1) is 5.16 Å². The number of pyridine rings is 1. The molecule has 4 heterocycles. The Balaban J connectivity index is 1.43. The number of methoxy groups -OCH3 is 1. The zero-order chi connectivity index (χ0) is 31.3. The second-order valence-electron chi connectivity index (χ2n) is 12.5. The minimum absolute atomic E-state index is 0.0105. The zero-order valence-electron chi connectivity index (χ0n) is 25.8. The normalized spacial score (nSPS) is 16.5. The fraction of sp³-hybridized carbons (Fsp3) is 0.364. The predicted molar refractivity (Wildman–Crippen MR) is 177 cm³/mol. The summed E-state index contributed by atoms with van der Waals surface area (Å²) >= 11 is 6.40. The quantitative estimate of drug-likeness (QED) is 0.202. The van der Waals surface area contributed by atoms with E-state index in [2.05, 4.69) is 40.3 Å². The highest BCUT2D eigenvalue weighted by Crippen LogP contribution is 2.39. The molecule has 6 rings (SSSR count). The Hall–Kier alpha value is -4.02. The highest BCUT2D eigenvalue weighted by atomic mass is 35.5. The number of anilines is 2. The van der Waals surface area contributed by atoms with Gasteiger partial charge in [-0.3, -0.25) is 4.79 Å². The van der Waals surface area contributed by atoms with Crippen molar-refractivity contribution < 1.29 is 18.9 Å². The number of rotatable bonds is 6. The first-order valence-electron chi connectivity index (χ1n) is 14.8. The molecule has 1 fully saturated rings. The molecule has 2 aromatic carbocycles. The minimum Gasteiger partial charge on any atom is -0.495 e. The summed E-state index contributed by atoms with van der Waals surface area (Å²) < 4.78 is 17.4. The molecule has 2 aliphatic rings. The summed E-state index contributed by atoms with van der Waals surface area (Å²) in [6, 6.07) is 10.8. The van der Waals surface area contributed by atoms with E-state index in [4.69, 9.17) is 25.5 Å². The van der Waals surface area contributed by atoms with Crippen molar-refractivity contribution >= 4 is 52.9 Å². The summed E-state index contributed by atoms with van der Waals surface area (Å²) in [6.07, 6.45) is 3.57. The van der Waals surface area contributed by atoms with Crippen molar-refractivity contribution in [1.29, 1.82) is 0 Å². The van der Waals surface area contributed by atoms with Crippen LogP contribution in [0.2, 0.25) is 5.15 Å². The Morgan fingerprint density at radius 2 is 1.91 bits per heavy atom. The summed E-state index contributed by atoms with van der Waals surface area (Å²) in [5, 5.41) is 18.6. The molecular weight excluding hydrogens is 579 g/mol. The fourth-order valence-electron chi connectivity index (χ4n) is 6.13. The lowest BCUT2D eigenvalue weighted by Crippen LogP contribution is -2.38. The molecule has 9 nitrogen and oxygen atoms in total. The maximum Gasteiger partial charge on any atom is 0.583 e. The summed E-state index contributed by atoms with van der Waals surface area (Å²) in [4.78, 5) is 20.6. The number of fused-ring (bicyclic) bond motifs is 2. The van der Waals surface area contributed by atoms with Gasteiger partial charge in [0.25, 0.3) is 0 Å². The number of halogens is 1. The largest absolute Gasteiger partial charge is 0.583 e. The summed E-state index contributed by atoms with van der Waals surface area (Å²) in [5.41, 5.74) is 6.36. The van der Waals surface area contributed by atoms with E-state index < -0.39 is 7.12 Å².